The van der Waals surface area contributed by atoms with E-state index in [4.69, 9.17) is 16.7 Å². The number of carboxylic acids is 1. The van der Waals surface area contributed by atoms with Crippen LogP contribution in [0.15, 0.2) is 41.0 Å². The smallest absolute Gasteiger partial charge is 0.339 e. The molecule has 2 fully saturated rings. The normalized spacial score (nSPS) is 27.9. The summed E-state index contributed by atoms with van der Waals surface area (Å²) in [4.78, 5) is 22.6. The zero-order chi connectivity index (χ0) is 20.1. The van der Waals surface area contributed by atoms with Gasteiger partial charge in [-0.1, -0.05) is 29.3 Å². The minimum Gasteiger partial charge on any atom is -0.481 e. The number of urea groups is 1. The molecule has 2 aliphatic rings. The molecule has 0 aliphatic heterocycles. The van der Waals surface area contributed by atoms with Gasteiger partial charge in [-0.25, -0.2) is 10.2 Å². The number of benzene rings is 1. The highest BCUT2D eigenvalue weighted by Crippen LogP contribution is 2.49. The lowest BCUT2D eigenvalue weighted by Crippen LogP contribution is -2.27. The predicted octanol–water partition coefficient (Wildman–Crippen LogP) is 3.65. The van der Waals surface area contributed by atoms with Crippen molar-refractivity contribution >= 4 is 35.5 Å². The van der Waals surface area contributed by atoms with Crippen LogP contribution in [-0.2, 0) is 4.79 Å². The van der Waals surface area contributed by atoms with Crippen LogP contribution >= 0.6 is 11.6 Å². The quantitative estimate of drug-likeness (QED) is 0.329. The zero-order valence-corrected chi connectivity index (χ0v) is 16.1. The molecule has 0 saturated heterocycles. The first-order valence-corrected chi connectivity index (χ1v) is 9.73. The van der Waals surface area contributed by atoms with Gasteiger partial charge in [0.05, 0.1) is 6.10 Å². The summed E-state index contributed by atoms with van der Waals surface area (Å²) >= 11 is 5.88. The summed E-state index contributed by atoms with van der Waals surface area (Å²) in [5.41, 5.74) is 4.24. The lowest BCUT2D eigenvalue weighted by atomic mass is 9.92. The number of halogens is 1. The van der Waals surface area contributed by atoms with E-state index in [1.807, 2.05) is 6.08 Å². The molecule has 0 bridgehead atoms. The molecule has 28 heavy (non-hydrogen) atoms. The van der Waals surface area contributed by atoms with Crippen molar-refractivity contribution < 1.29 is 19.8 Å². The number of nitrogens with zero attached hydrogens (tertiary/aromatic N) is 1. The number of hydrogen-bond acceptors (Lipinski definition) is 4. The maximum Gasteiger partial charge on any atom is 0.339 e. The van der Waals surface area contributed by atoms with E-state index in [1.54, 1.807) is 30.5 Å². The largest absolute Gasteiger partial charge is 0.481 e. The summed E-state index contributed by atoms with van der Waals surface area (Å²) in [6, 6.07) is 6.32. The fourth-order valence-corrected chi connectivity index (χ4v) is 4.38. The van der Waals surface area contributed by atoms with Crippen LogP contribution in [-0.4, -0.2) is 34.5 Å². The fraction of sp³-hybridized carbons (Fsp3) is 0.450. The maximum atomic E-state index is 11.9. The average Bonchev–Trinajstić information content (AvgIpc) is 3.12. The highest BCUT2D eigenvalue weighted by Gasteiger charge is 2.45. The summed E-state index contributed by atoms with van der Waals surface area (Å²) in [6.07, 6.45) is 6.27. The van der Waals surface area contributed by atoms with Crippen LogP contribution in [0.2, 0.25) is 5.02 Å². The van der Waals surface area contributed by atoms with Crippen molar-refractivity contribution in [1.82, 2.24) is 5.43 Å². The van der Waals surface area contributed by atoms with Gasteiger partial charge in [0.1, 0.15) is 0 Å². The Morgan fingerprint density at radius 1 is 1.32 bits per heavy atom. The molecule has 3 rings (SSSR count). The minimum atomic E-state index is -0.794. The number of amides is 2. The van der Waals surface area contributed by atoms with Gasteiger partial charge in [-0.2, -0.15) is 5.10 Å². The Kier molecular flexibility index (Phi) is 6.70. The lowest BCUT2D eigenvalue weighted by molar-refractivity contribution is -0.136. The molecule has 8 heteroatoms. The number of aliphatic carboxylic acids is 1. The van der Waals surface area contributed by atoms with Gasteiger partial charge in [0.15, 0.2) is 0 Å². The van der Waals surface area contributed by atoms with E-state index in [0.717, 1.165) is 12.8 Å². The average molecular weight is 406 g/mol. The van der Waals surface area contributed by atoms with E-state index >= 15 is 0 Å². The van der Waals surface area contributed by atoms with Crippen LogP contribution in [0.3, 0.4) is 0 Å². The molecule has 4 atom stereocenters. The molecule has 4 N–H and O–H groups in total. The Hall–Kier alpha value is -2.38. The van der Waals surface area contributed by atoms with Gasteiger partial charge in [-0.3, -0.25) is 4.79 Å². The van der Waals surface area contributed by atoms with Gasteiger partial charge in [0.25, 0.3) is 0 Å². The summed E-state index contributed by atoms with van der Waals surface area (Å²) < 4.78 is 0. The molecule has 150 valence electrons. The number of aliphatic hydroxyl groups is 1. The number of carboxylic acid groups (broad SMARTS) is 1. The van der Waals surface area contributed by atoms with Crippen molar-refractivity contribution in [1.29, 1.82) is 0 Å². The molecule has 0 heterocycles. The van der Waals surface area contributed by atoms with E-state index in [1.165, 1.54) is 5.57 Å². The number of aliphatic hydroxyl groups excluding tert-OH is 1. The molecule has 1 aromatic carbocycles. The molecular formula is C20H24ClN3O4. The van der Waals surface area contributed by atoms with Crippen LogP contribution in [0, 0.1) is 17.8 Å². The third-order valence-corrected chi connectivity index (χ3v) is 5.63. The fourth-order valence-electron chi connectivity index (χ4n) is 4.19. The lowest BCUT2D eigenvalue weighted by Gasteiger charge is -2.16. The molecule has 0 spiro atoms. The summed E-state index contributed by atoms with van der Waals surface area (Å²) in [5, 5.41) is 26.3. The summed E-state index contributed by atoms with van der Waals surface area (Å²) in [7, 11) is 0. The number of rotatable bonds is 6. The van der Waals surface area contributed by atoms with Crippen molar-refractivity contribution in [2.75, 3.05) is 5.32 Å². The molecule has 1 aromatic rings. The van der Waals surface area contributed by atoms with E-state index in [2.05, 4.69) is 15.8 Å². The zero-order valence-electron chi connectivity index (χ0n) is 15.3. The number of carbonyl (C=O) groups excluding carboxylic acids is 1. The van der Waals surface area contributed by atoms with Gasteiger partial charge >= 0.3 is 12.0 Å². The third-order valence-electron chi connectivity index (χ3n) is 5.40. The van der Waals surface area contributed by atoms with Crippen LogP contribution in [0.5, 0.6) is 0 Å². The highest BCUT2D eigenvalue weighted by molar-refractivity contribution is 6.30. The number of nitrogens with one attached hydrogen (secondary N) is 2. The highest BCUT2D eigenvalue weighted by atomic mass is 35.5. The second kappa shape index (κ2) is 9.21. The van der Waals surface area contributed by atoms with Gasteiger partial charge < -0.3 is 15.5 Å². The van der Waals surface area contributed by atoms with Gasteiger partial charge in [0.2, 0.25) is 0 Å². The van der Waals surface area contributed by atoms with Crippen molar-refractivity contribution in [3.8, 4) is 0 Å². The monoisotopic (exact) mass is 405 g/mol. The number of carbonyl (C=O) groups is 2. The Bertz CT molecular complexity index is 795. The summed E-state index contributed by atoms with van der Waals surface area (Å²) in [6.45, 7) is 0. The SMILES string of the molecule is O=C(O)CC/C=C1\C[C@H]2C[C@@H](O)[C@H](/C=N/NC(=O)Nc3cccc(Cl)c3)[C@H]2C1. The Morgan fingerprint density at radius 2 is 2.14 bits per heavy atom. The third kappa shape index (κ3) is 5.33. The van der Waals surface area contributed by atoms with Crippen LogP contribution < -0.4 is 10.7 Å². The Morgan fingerprint density at radius 3 is 2.89 bits per heavy atom. The number of allylic oxidation sites excluding steroid dienone is 2. The molecule has 0 unspecified atom stereocenters. The Labute approximate surface area is 168 Å². The maximum absolute atomic E-state index is 11.9. The van der Waals surface area contributed by atoms with Crippen molar-refractivity contribution in [2.45, 2.75) is 38.2 Å². The second-order valence-electron chi connectivity index (χ2n) is 7.36. The van der Waals surface area contributed by atoms with E-state index in [0.29, 0.717) is 29.5 Å². The number of hydrazone groups is 1. The molecule has 0 radical (unpaired) electrons. The van der Waals surface area contributed by atoms with Gasteiger partial charge in [-0.05, 0) is 55.7 Å². The predicted molar refractivity (Wildman–Crippen MR) is 107 cm³/mol. The first-order chi connectivity index (χ1) is 13.4. The summed E-state index contributed by atoms with van der Waals surface area (Å²) in [5.74, 6) is -0.269. The molecule has 2 aliphatic carbocycles. The van der Waals surface area contributed by atoms with E-state index in [-0.39, 0.29) is 18.3 Å². The van der Waals surface area contributed by atoms with Crippen molar-refractivity contribution in [3.05, 3.63) is 40.9 Å². The molecule has 7 nitrogen and oxygen atoms in total. The number of hydrogen-bond donors (Lipinski definition) is 4. The minimum absolute atomic E-state index is 0.123. The van der Waals surface area contributed by atoms with Gasteiger partial charge in [-0.15, -0.1) is 0 Å². The van der Waals surface area contributed by atoms with Crippen molar-refractivity contribution in [3.63, 3.8) is 0 Å². The molecule has 2 saturated carbocycles. The number of fused-ring (bicyclic) bond motifs is 1. The van der Waals surface area contributed by atoms with E-state index < -0.39 is 18.1 Å². The van der Waals surface area contributed by atoms with Crippen molar-refractivity contribution in [2.24, 2.45) is 22.9 Å². The van der Waals surface area contributed by atoms with Gasteiger partial charge in [0, 0.05) is 29.3 Å². The number of anilines is 1. The Balaban J connectivity index is 1.52. The van der Waals surface area contributed by atoms with E-state index in [9.17, 15) is 14.7 Å². The molecule has 0 aromatic heterocycles. The molecule has 2 amide bonds. The topological polar surface area (TPSA) is 111 Å². The van der Waals surface area contributed by atoms with Crippen LogP contribution in [0.1, 0.15) is 32.1 Å². The first-order valence-electron chi connectivity index (χ1n) is 9.36. The second-order valence-corrected chi connectivity index (χ2v) is 7.80. The molecular weight excluding hydrogens is 382 g/mol. The van der Waals surface area contributed by atoms with Crippen LogP contribution in [0.25, 0.3) is 0 Å². The standard InChI is InChI=1S/C20H24ClN3O4/c21-14-4-2-5-15(10-14)23-20(28)24-22-11-17-16-8-12(3-1-6-19(26)27)7-13(16)9-18(17)25/h2-5,10-11,13,16-18,25H,1,6-9H2,(H,26,27)(H2,23,24,28)/b12-3+,22-11+/t13-,16-,17+,18+/m0/s1. The first kappa shape index (κ1) is 20.4. The van der Waals surface area contributed by atoms with Crippen LogP contribution in [0.4, 0.5) is 10.5 Å².